The highest BCUT2D eigenvalue weighted by atomic mass is 35.5. The molecule has 0 saturated carbocycles. The molecule has 0 radical (unpaired) electrons. The van der Waals surface area contributed by atoms with Crippen LogP contribution in [0.2, 0.25) is 5.02 Å². The van der Waals surface area contributed by atoms with E-state index in [2.05, 4.69) is 5.32 Å². The zero-order valence-electron chi connectivity index (χ0n) is 13.2. The average Bonchev–Trinajstić information content (AvgIpc) is 2.35. The molecule has 0 saturated heterocycles. The minimum absolute atomic E-state index is 0.00849. The Hall–Kier alpha value is -1.64. The molecule has 9 heteroatoms. The van der Waals surface area contributed by atoms with Crippen LogP contribution in [0.4, 0.5) is 0 Å². The molecule has 3 N–H and O–H groups in total. The van der Waals surface area contributed by atoms with Gasteiger partial charge in [-0.05, 0) is 45.9 Å². The number of hydrogen-bond acceptors (Lipinski definition) is 5. The summed E-state index contributed by atoms with van der Waals surface area (Å²) in [6.07, 6.45) is -1.07. The van der Waals surface area contributed by atoms with E-state index in [-0.39, 0.29) is 15.5 Å². The summed E-state index contributed by atoms with van der Waals surface area (Å²) < 4.78 is 27.7. The zero-order chi connectivity index (χ0) is 18.0. The van der Waals surface area contributed by atoms with Crippen molar-refractivity contribution in [2.75, 3.05) is 0 Å². The van der Waals surface area contributed by atoms with Gasteiger partial charge < -0.3 is 10.1 Å². The molecule has 0 heterocycles. The summed E-state index contributed by atoms with van der Waals surface area (Å²) in [6, 6.07) is 3.40. The lowest BCUT2D eigenvalue weighted by Gasteiger charge is -2.23. The molecular formula is C14H19ClN2O5S. The highest BCUT2D eigenvalue weighted by Crippen LogP contribution is 2.21. The molecule has 1 rings (SSSR count). The van der Waals surface area contributed by atoms with E-state index in [4.69, 9.17) is 21.5 Å². The van der Waals surface area contributed by atoms with E-state index >= 15 is 0 Å². The first-order valence-corrected chi connectivity index (χ1v) is 8.59. The monoisotopic (exact) mass is 362 g/mol. The lowest BCUT2D eigenvalue weighted by molar-refractivity contribution is -0.130. The molecule has 0 unspecified atom stereocenters. The number of sulfonamides is 1. The smallest absolute Gasteiger partial charge is 0.340 e. The number of halogens is 1. The Bertz CT molecular complexity index is 725. The van der Waals surface area contributed by atoms with Gasteiger partial charge in [-0.1, -0.05) is 11.6 Å². The fourth-order valence-corrected chi connectivity index (χ4v) is 2.32. The summed E-state index contributed by atoms with van der Waals surface area (Å²) in [7, 11) is -3.99. The van der Waals surface area contributed by atoms with Gasteiger partial charge in [0.05, 0.1) is 15.5 Å². The van der Waals surface area contributed by atoms with Crippen LogP contribution in [0.25, 0.3) is 0 Å². The minimum atomic E-state index is -3.99. The molecule has 1 aromatic carbocycles. The van der Waals surface area contributed by atoms with Gasteiger partial charge in [0.2, 0.25) is 10.0 Å². The van der Waals surface area contributed by atoms with Crippen LogP contribution >= 0.6 is 11.6 Å². The van der Waals surface area contributed by atoms with E-state index in [0.29, 0.717) is 0 Å². The molecule has 23 heavy (non-hydrogen) atoms. The highest BCUT2D eigenvalue weighted by Gasteiger charge is 2.24. The second-order valence-corrected chi connectivity index (χ2v) is 7.94. The lowest BCUT2D eigenvalue weighted by Crippen LogP contribution is -2.46. The molecule has 0 bridgehead atoms. The maximum absolute atomic E-state index is 12.1. The van der Waals surface area contributed by atoms with Gasteiger partial charge in [-0.25, -0.2) is 18.4 Å². The fraction of sp³-hybridized carbons (Fsp3) is 0.429. The Labute approximate surface area is 140 Å². The number of esters is 1. The molecule has 1 atom stereocenters. The third-order valence-corrected chi connectivity index (χ3v) is 3.88. The van der Waals surface area contributed by atoms with Gasteiger partial charge in [-0.2, -0.15) is 0 Å². The maximum Gasteiger partial charge on any atom is 0.340 e. The fourth-order valence-electron chi connectivity index (χ4n) is 1.59. The third-order valence-electron chi connectivity index (χ3n) is 2.64. The van der Waals surface area contributed by atoms with E-state index < -0.39 is 33.5 Å². The first kappa shape index (κ1) is 19.4. The Morgan fingerprint density at radius 2 is 1.87 bits per heavy atom. The number of rotatable bonds is 4. The second-order valence-electron chi connectivity index (χ2n) is 5.97. The van der Waals surface area contributed by atoms with Crippen molar-refractivity contribution in [1.29, 1.82) is 0 Å². The molecule has 0 aromatic heterocycles. The number of primary sulfonamides is 1. The van der Waals surface area contributed by atoms with Crippen LogP contribution in [0.5, 0.6) is 0 Å². The largest absolute Gasteiger partial charge is 0.449 e. The van der Waals surface area contributed by atoms with Crippen molar-refractivity contribution in [1.82, 2.24) is 5.32 Å². The first-order chi connectivity index (χ1) is 10.3. The molecule has 7 nitrogen and oxygen atoms in total. The molecule has 1 amide bonds. The zero-order valence-corrected chi connectivity index (χ0v) is 14.8. The Balaban J connectivity index is 2.96. The Morgan fingerprint density at radius 1 is 1.30 bits per heavy atom. The van der Waals surface area contributed by atoms with E-state index in [1.54, 1.807) is 20.8 Å². The third kappa shape index (κ3) is 5.81. The van der Waals surface area contributed by atoms with Crippen molar-refractivity contribution in [3.63, 3.8) is 0 Å². The molecular weight excluding hydrogens is 344 g/mol. The molecule has 1 aromatic rings. The van der Waals surface area contributed by atoms with Gasteiger partial charge >= 0.3 is 5.97 Å². The van der Waals surface area contributed by atoms with Crippen molar-refractivity contribution in [3.8, 4) is 0 Å². The SMILES string of the molecule is C[C@H](OC(=O)c1cc(S(N)(=O)=O)ccc1Cl)C(=O)NC(C)(C)C. The summed E-state index contributed by atoms with van der Waals surface area (Å²) in [5.41, 5.74) is -0.670. The van der Waals surface area contributed by atoms with Crippen LogP contribution in [0, 0.1) is 0 Å². The molecule has 0 aliphatic heterocycles. The van der Waals surface area contributed by atoms with Crippen LogP contribution in [-0.4, -0.2) is 31.9 Å². The number of nitrogens with two attached hydrogens (primary N) is 1. The molecule has 0 aliphatic rings. The minimum Gasteiger partial charge on any atom is -0.449 e. The van der Waals surface area contributed by atoms with Crippen LogP contribution in [0.1, 0.15) is 38.1 Å². The van der Waals surface area contributed by atoms with E-state index in [9.17, 15) is 18.0 Å². The van der Waals surface area contributed by atoms with Crippen LogP contribution < -0.4 is 10.5 Å². The van der Waals surface area contributed by atoms with Crippen LogP contribution in [-0.2, 0) is 19.6 Å². The predicted molar refractivity (Wildman–Crippen MR) is 85.6 cm³/mol. The highest BCUT2D eigenvalue weighted by molar-refractivity contribution is 7.89. The predicted octanol–water partition coefficient (Wildman–Crippen LogP) is 1.45. The standard InChI is InChI=1S/C14H19ClN2O5S/c1-8(12(18)17-14(2,3)4)22-13(19)10-7-9(23(16,20)21)5-6-11(10)15/h5-8H,1-4H3,(H,17,18)(H2,16,20,21)/t8-/m0/s1. The lowest BCUT2D eigenvalue weighted by atomic mass is 10.1. The second kappa shape index (κ2) is 6.86. The number of amides is 1. The van der Waals surface area contributed by atoms with Gasteiger partial charge in [0.25, 0.3) is 5.91 Å². The number of carbonyl (C=O) groups excluding carboxylic acids is 2. The quantitative estimate of drug-likeness (QED) is 0.786. The summed E-state index contributed by atoms with van der Waals surface area (Å²) in [5.74, 6) is -1.40. The number of hydrogen-bond donors (Lipinski definition) is 2. The van der Waals surface area contributed by atoms with E-state index in [0.717, 1.165) is 6.07 Å². The summed E-state index contributed by atoms with van der Waals surface area (Å²) in [4.78, 5) is 23.7. The number of nitrogens with one attached hydrogen (secondary N) is 1. The van der Waals surface area contributed by atoms with E-state index in [1.807, 2.05) is 0 Å². The van der Waals surface area contributed by atoms with Gasteiger partial charge in [-0.3, -0.25) is 4.79 Å². The van der Waals surface area contributed by atoms with Gasteiger partial charge in [0, 0.05) is 5.54 Å². The van der Waals surface area contributed by atoms with Crippen molar-refractivity contribution in [2.24, 2.45) is 5.14 Å². The molecule has 0 aliphatic carbocycles. The van der Waals surface area contributed by atoms with Crippen LogP contribution in [0.3, 0.4) is 0 Å². The summed E-state index contributed by atoms with van der Waals surface area (Å²) in [5, 5.41) is 7.66. The molecule has 0 spiro atoms. The van der Waals surface area contributed by atoms with Crippen molar-refractivity contribution in [2.45, 2.75) is 44.2 Å². The number of ether oxygens (including phenoxy) is 1. The van der Waals surface area contributed by atoms with Crippen molar-refractivity contribution < 1.29 is 22.7 Å². The van der Waals surface area contributed by atoms with E-state index in [1.165, 1.54) is 19.1 Å². The first-order valence-electron chi connectivity index (χ1n) is 6.66. The van der Waals surface area contributed by atoms with Crippen molar-refractivity contribution in [3.05, 3.63) is 28.8 Å². The number of carbonyl (C=O) groups is 2. The Kier molecular flexibility index (Phi) is 5.79. The van der Waals surface area contributed by atoms with Gasteiger partial charge in [0.15, 0.2) is 6.10 Å². The maximum atomic E-state index is 12.1. The molecule has 0 fully saturated rings. The van der Waals surface area contributed by atoms with Crippen molar-refractivity contribution >= 4 is 33.5 Å². The topological polar surface area (TPSA) is 116 Å². The summed E-state index contributed by atoms with van der Waals surface area (Å²) >= 11 is 5.87. The van der Waals surface area contributed by atoms with Crippen LogP contribution in [0.15, 0.2) is 23.1 Å². The normalized spacial score (nSPS) is 13.3. The summed E-state index contributed by atoms with van der Waals surface area (Å²) in [6.45, 7) is 6.75. The van der Waals surface area contributed by atoms with Gasteiger partial charge in [-0.15, -0.1) is 0 Å². The van der Waals surface area contributed by atoms with Gasteiger partial charge in [0.1, 0.15) is 0 Å². The molecule has 128 valence electrons. The number of benzene rings is 1. The Morgan fingerprint density at radius 3 is 2.35 bits per heavy atom. The average molecular weight is 363 g/mol.